The molecule has 0 unspecified atom stereocenters. The van der Waals surface area contributed by atoms with E-state index in [-0.39, 0.29) is 24.0 Å². The highest BCUT2D eigenvalue weighted by atomic mass is 127. The van der Waals surface area contributed by atoms with Crippen molar-refractivity contribution in [2.45, 2.75) is 26.3 Å². The molecule has 2 N–H and O–H groups in total. The van der Waals surface area contributed by atoms with Crippen LogP contribution in [0.4, 0.5) is 5.13 Å². The molecule has 8 heteroatoms. The van der Waals surface area contributed by atoms with Crippen LogP contribution in [0.2, 0.25) is 0 Å². The lowest BCUT2D eigenvalue weighted by atomic mass is 10.0. The van der Waals surface area contributed by atoms with E-state index in [1.807, 2.05) is 37.2 Å². The van der Waals surface area contributed by atoms with Gasteiger partial charge in [0.1, 0.15) is 12.4 Å². The van der Waals surface area contributed by atoms with Crippen LogP contribution in [0.5, 0.6) is 5.75 Å². The average molecular weight is 503 g/mol. The van der Waals surface area contributed by atoms with Crippen molar-refractivity contribution in [2.75, 3.05) is 39.2 Å². The Labute approximate surface area is 183 Å². The standard InChI is InChI=1S/C19H29N5OS.HI/c1-14(2)16-8-6-7-9-17(16)25-11-10-21-18(20-3)22-12-15-13-26-19(23-15)24(4)5;/h6-9,13-14H,10-12H2,1-5H3,(H2,20,21,22);1H. The van der Waals surface area contributed by atoms with Crippen LogP contribution in [-0.2, 0) is 6.54 Å². The van der Waals surface area contributed by atoms with Gasteiger partial charge in [-0.2, -0.15) is 0 Å². The summed E-state index contributed by atoms with van der Waals surface area (Å²) in [5.41, 5.74) is 2.24. The van der Waals surface area contributed by atoms with E-state index in [0.717, 1.165) is 22.5 Å². The second kappa shape index (κ2) is 12.0. The van der Waals surface area contributed by atoms with Crippen LogP contribution in [0.1, 0.15) is 31.0 Å². The van der Waals surface area contributed by atoms with Crippen molar-refractivity contribution in [3.8, 4) is 5.75 Å². The number of anilines is 1. The van der Waals surface area contributed by atoms with Crippen LogP contribution in [0.25, 0.3) is 0 Å². The second-order valence-corrected chi connectivity index (χ2v) is 7.25. The molecule has 0 saturated heterocycles. The van der Waals surface area contributed by atoms with Crippen molar-refractivity contribution in [3.05, 3.63) is 40.9 Å². The highest BCUT2D eigenvalue weighted by Crippen LogP contribution is 2.25. The molecule has 0 aliphatic rings. The number of aliphatic imine (C=N–C) groups is 1. The van der Waals surface area contributed by atoms with Crippen LogP contribution < -0.4 is 20.3 Å². The maximum atomic E-state index is 5.92. The third-order valence-electron chi connectivity index (χ3n) is 3.78. The number of rotatable bonds is 8. The molecule has 0 saturated carbocycles. The summed E-state index contributed by atoms with van der Waals surface area (Å²) in [4.78, 5) is 10.8. The Morgan fingerprint density at radius 1 is 1.26 bits per heavy atom. The van der Waals surface area contributed by atoms with Gasteiger partial charge in [0.05, 0.1) is 18.8 Å². The third kappa shape index (κ3) is 7.53. The Bertz CT molecular complexity index is 718. The Kier molecular flexibility index (Phi) is 10.5. The van der Waals surface area contributed by atoms with Gasteiger partial charge in [0.2, 0.25) is 0 Å². The van der Waals surface area contributed by atoms with E-state index in [4.69, 9.17) is 4.74 Å². The number of guanidine groups is 1. The lowest BCUT2D eigenvalue weighted by molar-refractivity contribution is 0.317. The van der Waals surface area contributed by atoms with Crippen LogP contribution in [0.15, 0.2) is 34.6 Å². The fourth-order valence-corrected chi connectivity index (χ4v) is 3.16. The zero-order valence-electron chi connectivity index (χ0n) is 16.7. The summed E-state index contributed by atoms with van der Waals surface area (Å²) in [5, 5.41) is 9.60. The van der Waals surface area contributed by atoms with Crippen molar-refractivity contribution in [2.24, 2.45) is 4.99 Å². The van der Waals surface area contributed by atoms with Crippen LogP contribution in [0.3, 0.4) is 0 Å². The smallest absolute Gasteiger partial charge is 0.191 e. The van der Waals surface area contributed by atoms with Crippen molar-refractivity contribution >= 4 is 46.4 Å². The molecule has 0 aliphatic heterocycles. The quantitative estimate of drug-likeness (QED) is 0.249. The van der Waals surface area contributed by atoms with Gasteiger partial charge in [-0.3, -0.25) is 4.99 Å². The van der Waals surface area contributed by atoms with Crippen LogP contribution >= 0.6 is 35.3 Å². The van der Waals surface area contributed by atoms with Gasteiger partial charge in [-0.25, -0.2) is 4.98 Å². The lowest BCUT2D eigenvalue weighted by Gasteiger charge is -2.15. The molecule has 0 amide bonds. The zero-order chi connectivity index (χ0) is 18.9. The summed E-state index contributed by atoms with van der Waals surface area (Å²) >= 11 is 1.63. The molecule has 1 heterocycles. The van der Waals surface area contributed by atoms with Gasteiger partial charge in [0.15, 0.2) is 11.1 Å². The van der Waals surface area contributed by atoms with E-state index in [2.05, 4.69) is 45.9 Å². The number of para-hydroxylation sites is 1. The number of thiazole rings is 1. The highest BCUT2D eigenvalue weighted by molar-refractivity contribution is 14.0. The van der Waals surface area contributed by atoms with Crippen molar-refractivity contribution in [1.29, 1.82) is 0 Å². The Morgan fingerprint density at radius 2 is 2.00 bits per heavy atom. The van der Waals surface area contributed by atoms with E-state index in [0.29, 0.717) is 25.6 Å². The first-order chi connectivity index (χ1) is 12.5. The van der Waals surface area contributed by atoms with E-state index >= 15 is 0 Å². The number of ether oxygens (including phenoxy) is 1. The molecule has 27 heavy (non-hydrogen) atoms. The fraction of sp³-hybridized carbons (Fsp3) is 0.474. The molecule has 0 fully saturated rings. The Hall–Kier alpha value is -1.55. The summed E-state index contributed by atoms with van der Waals surface area (Å²) in [6.45, 7) is 6.23. The minimum Gasteiger partial charge on any atom is -0.491 e. The third-order valence-corrected chi connectivity index (χ3v) is 4.83. The topological polar surface area (TPSA) is 61.8 Å². The molecule has 150 valence electrons. The summed E-state index contributed by atoms with van der Waals surface area (Å²) in [7, 11) is 5.75. The Morgan fingerprint density at radius 3 is 2.63 bits per heavy atom. The summed E-state index contributed by atoms with van der Waals surface area (Å²) in [5.74, 6) is 2.13. The van der Waals surface area contributed by atoms with Gasteiger partial charge >= 0.3 is 0 Å². The average Bonchev–Trinajstić information content (AvgIpc) is 3.10. The summed E-state index contributed by atoms with van der Waals surface area (Å²) < 4.78 is 5.92. The van der Waals surface area contributed by atoms with Crippen molar-refractivity contribution < 1.29 is 4.74 Å². The molecule has 0 aliphatic carbocycles. The van der Waals surface area contributed by atoms with Gasteiger partial charge in [0, 0.05) is 26.5 Å². The monoisotopic (exact) mass is 503 g/mol. The molecular weight excluding hydrogens is 473 g/mol. The first-order valence-corrected chi connectivity index (χ1v) is 9.67. The van der Waals surface area contributed by atoms with Gasteiger partial charge in [0.25, 0.3) is 0 Å². The first kappa shape index (κ1) is 23.5. The summed E-state index contributed by atoms with van der Waals surface area (Å²) in [6, 6.07) is 8.19. The number of halogens is 1. The molecule has 0 spiro atoms. The number of nitrogens with zero attached hydrogens (tertiary/aromatic N) is 3. The predicted octanol–water partition coefficient (Wildman–Crippen LogP) is 3.69. The molecule has 1 aromatic carbocycles. The second-order valence-electron chi connectivity index (χ2n) is 6.41. The van der Waals surface area contributed by atoms with Crippen LogP contribution in [0, 0.1) is 0 Å². The summed E-state index contributed by atoms with van der Waals surface area (Å²) in [6.07, 6.45) is 0. The minimum absolute atomic E-state index is 0. The van der Waals surface area contributed by atoms with Gasteiger partial charge in [-0.15, -0.1) is 35.3 Å². The number of benzene rings is 1. The molecule has 0 radical (unpaired) electrons. The minimum atomic E-state index is 0. The van der Waals surface area contributed by atoms with Crippen molar-refractivity contribution in [1.82, 2.24) is 15.6 Å². The van der Waals surface area contributed by atoms with Crippen LogP contribution in [-0.4, -0.2) is 45.2 Å². The number of nitrogens with one attached hydrogen (secondary N) is 2. The number of hydrogen-bond donors (Lipinski definition) is 2. The molecule has 0 bridgehead atoms. The molecule has 2 rings (SSSR count). The lowest BCUT2D eigenvalue weighted by Crippen LogP contribution is -2.39. The molecule has 6 nitrogen and oxygen atoms in total. The first-order valence-electron chi connectivity index (χ1n) is 8.79. The number of aromatic nitrogens is 1. The molecular formula is C19H30IN5OS. The van der Waals surface area contributed by atoms with E-state index in [1.54, 1.807) is 18.4 Å². The largest absolute Gasteiger partial charge is 0.491 e. The predicted molar refractivity (Wildman–Crippen MR) is 126 cm³/mol. The normalized spacial score (nSPS) is 11.1. The molecule has 1 aromatic heterocycles. The van der Waals surface area contributed by atoms with E-state index in [1.165, 1.54) is 5.56 Å². The van der Waals surface area contributed by atoms with Crippen molar-refractivity contribution in [3.63, 3.8) is 0 Å². The fourth-order valence-electron chi connectivity index (χ4n) is 2.40. The van der Waals surface area contributed by atoms with Gasteiger partial charge in [-0.1, -0.05) is 32.0 Å². The molecule has 2 aromatic rings. The molecule has 0 atom stereocenters. The van der Waals surface area contributed by atoms with Gasteiger partial charge in [-0.05, 0) is 17.5 Å². The number of hydrogen-bond acceptors (Lipinski definition) is 5. The maximum Gasteiger partial charge on any atom is 0.191 e. The Balaban J connectivity index is 0.00000364. The van der Waals surface area contributed by atoms with E-state index in [9.17, 15) is 0 Å². The maximum absolute atomic E-state index is 5.92. The van der Waals surface area contributed by atoms with Gasteiger partial charge < -0.3 is 20.3 Å². The zero-order valence-corrected chi connectivity index (χ0v) is 19.8. The highest BCUT2D eigenvalue weighted by Gasteiger charge is 2.07. The van der Waals surface area contributed by atoms with E-state index < -0.39 is 0 Å². The SMILES string of the molecule is CN=C(NCCOc1ccccc1C(C)C)NCc1csc(N(C)C)n1.I.